The number of halogens is 2. The standard InChI is InChI=1S/C29H30F2N4O4/c1-17(2)14-23(35-28(39)19-11-12-20(30)21(31)15-19)24(36)16-25(37)29(32,33)27(38)26(18-8-4-3-5-9-18)22-10-6-7-13-34-22/h3-13,15,17,23,26H,14,16,32-33H2,1-2H3,(H,35,39)/t23-,26?/m0/s1. The van der Waals surface area contributed by atoms with Crippen molar-refractivity contribution in [2.45, 2.75) is 44.3 Å². The van der Waals surface area contributed by atoms with Crippen molar-refractivity contribution in [3.63, 3.8) is 0 Å². The number of nitrogens with zero attached hydrogens (tertiary/aromatic N) is 1. The van der Waals surface area contributed by atoms with E-state index in [-0.39, 0.29) is 17.9 Å². The Morgan fingerprint density at radius 2 is 1.59 bits per heavy atom. The van der Waals surface area contributed by atoms with E-state index in [2.05, 4.69) is 10.3 Å². The van der Waals surface area contributed by atoms with Gasteiger partial charge in [-0.2, -0.15) is 0 Å². The number of hydrogen-bond donors (Lipinski definition) is 3. The Labute approximate surface area is 224 Å². The molecule has 0 radical (unpaired) electrons. The van der Waals surface area contributed by atoms with Gasteiger partial charge in [-0.25, -0.2) is 8.78 Å². The molecule has 1 aromatic heterocycles. The Balaban J connectivity index is 1.82. The van der Waals surface area contributed by atoms with Gasteiger partial charge in [-0.15, -0.1) is 0 Å². The first-order valence-electron chi connectivity index (χ1n) is 12.3. The number of nitrogens with one attached hydrogen (secondary N) is 1. The van der Waals surface area contributed by atoms with Crippen molar-refractivity contribution >= 4 is 23.3 Å². The SMILES string of the molecule is CC(C)C[C@H](NC(=O)c1ccc(F)c(F)c1)C(=O)CC(=O)C(N)(N)C(=O)C(c1ccccc1)c1ccccn1. The van der Waals surface area contributed by atoms with Gasteiger partial charge in [0, 0.05) is 11.8 Å². The number of carbonyl (C=O) groups is 4. The summed E-state index contributed by atoms with van der Waals surface area (Å²) in [6.07, 6.45) is 0.793. The van der Waals surface area contributed by atoms with Crippen molar-refractivity contribution in [2.75, 3.05) is 0 Å². The number of ketones is 3. The van der Waals surface area contributed by atoms with Crippen LogP contribution < -0.4 is 16.8 Å². The maximum atomic E-state index is 13.6. The van der Waals surface area contributed by atoms with Gasteiger partial charge in [0.1, 0.15) is 0 Å². The fraction of sp³-hybridized carbons (Fsp3) is 0.276. The summed E-state index contributed by atoms with van der Waals surface area (Å²) in [4.78, 5) is 56.8. The van der Waals surface area contributed by atoms with Gasteiger partial charge in [-0.1, -0.05) is 50.2 Å². The average Bonchev–Trinajstić information content (AvgIpc) is 2.90. The lowest BCUT2D eigenvalue weighted by Crippen LogP contribution is -2.64. The first-order valence-corrected chi connectivity index (χ1v) is 12.3. The number of rotatable bonds is 12. The van der Waals surface area contributed by atoms with E-state index in [1.165, 1.54) is 6.20 Å². The van der Waals surface area contributed by atoms with E-state index >= 15 is 0 Å². The molecule has 1 amide bonds. The Hall–Kier alpha value is -4.15. The smallest absolute Gasteiger partial charge is 0.251 e. The van der Waals surface area contributed by atoms with Gasteiger partial charge in [0.05, 0.1) is 24.1 Å². The van der Waals surface area contributed by atoms with Crippen LogP contribution in [0.3, 0.4) is 0 Å². The Morgan fingerprint density at radius 1 is 0.923 bits per heavy atom. The molecule has 1 heterocycles. The van der Waals surface area contributed by atoms with Crippen molar-refractivity contribution < 1.29 is 28.0 Å². The molecule has 2 atom stereocenters. The number of nitrogens with two attached hydrogens (primary N) is 2. The molecule has 5 N–H and O–H groups in total. The lowest BCUT2D eigenvalue weighted by Gasteiger charge is -2.27. The Kier molecular flexibility index (Phi) is 9.50. The van der Waals surface area contributed by atoms with Crippen LogP contribution in [0.15, 0.2) is 72.9 Å². The van der Waals surface area contributed by atoms with Gasteiger partial charge in [0.2, 0.25) is 0 Å². The van der Waals surface area contributed by atoms with Crippen LogP contribution in [-0.4, -0.2) is 39.9 Å². The second-order valence-corrected chi connectivity index (χ2v) is 9.68. The van der Waals surface area contributed by atoms with E-state index in [4.69, 9.17) is 11.5 Å². The third-order valence-corrected chi connectivity index (χ3v) is 6.17. The van der Waals surface area contributed by atoms with E-state index in [0.717, 1.165) is 12.1 Å². The average molecular weight is 537 g/mol. The van der Waals surface area contributed by atoms with Crippen molar-refractivity contribution in [3.8, 4) is 0 Å². The molecule has 10 heteroatoms. The molecule has 0 bridgehead atoms. The molecule has 0 saturated heterocycles. The van der Waals surface area contributed by atoms with Gasteiger partial charge in [-0.05, 0) is 48.2 Å². The first-order chi connectivity index (χ1) is 18.4. The van der Waals surface area contributed by atoms with E-state index in [0.29, 0.717) is 17.3 Å². The maximum absolute atomic E-state index is 13.6. The highest BCUT2D eigenvalue weighted by Gasteiger charge is 2.44. The topological polar surface area (TPSA) is 145 Å². The zero-order valence-corrected chi connectivity index (χ0v) is 21.6. The molecule has 0 fully saturated rings. The third kappa shape index (κ3) is 7.24. The molecule has 2 aromatic carbocycles. The van der Waals surface area contributed by atoms with E-state index < -0.39 is 58.9 Å². The third-order valence-electron chi connectivity index (χ3n) is 6.17. The van der Waals surface area contributed by atoms with E-state index in [1.54, 1.807) is 62.4 Å². The summed E-state index contributed by atoms with van der Waals surface area (Å²) in [6, 6.07) is 14.9. The van der Waals surface area contributed by atoms with Crippen LogP contribution in [-0.2, 0) is 14.4 Å². The predicted octanol–water partition coefficient (Wildman–Crippen LogP) is 3.05. The highest BCUT2D eigenvalue weighted by molar-refractivity contribution is 6.18. The minimum absolute atomic E-state index is 0.0898. The molecular weight excluding hydrogens is 506 g/mol. The van der Waals surface area contributed by atoms with Gasteiger partial charge < -0.3 is 16.8 Å². The molecule has 0 aliphatic carbocycles. The maximum Gasteiger partial charge on any atom is 0.251 e. The first kappa shape index (κ1) is 29.4. The second-order valence-electron chi connectivity index (χ2n) is 9.68. The van der Waals surface area contributed by atoms with Crippen LogP contribution in [0.4, 0.5) is 8.78 Å². The zero-order valence-electron chi connectivity index (χ0n) is 21.6. The largest absolute Gasteiger partial charge is 0.342 e. The van der Waals surface area contributed by atoms with Crippen molar-refractivity contribution in [2.24, 2.45) is 17.4 Å². The highest BCUT2D eigenvalue weighted by atomic mass is 19.2. The lowest BCUT2D eigenvalue weighted by atomic mass is 9.82. The monoisotopic (exact) mass is 536 g/mol. The summed E-state index contributed by atoms with van der Waals surface area (Å²) >= 11 is 0. The lowest BCUT2D eigenvalue weighted by molar-refractivity contribution is -0.137. The predicted molar refractivity (Wildman–Crippen MR) is 140 cm³/mol. The molecule has 39 heavy (non-hydrogen) atoms. The number of amides is 1. The molecule has 8 nitrogen and oxygen atoms in total. The van der Waals surface area contributed by atoms with Gasteiger partial charge >= 0.3 is 0 Å². The minimum Gasteiger partial charge on any atom is -0.342 e. The van der Waals surface area contributed by atoms with Crippen LogP contribution in [0.2, 0.25) is 0 Å². The molecular formula is C29H30F2N4O4. The van der Waals surface area contributed by atoms with E-state index in [9.17, 15) is 28.0 Å². The molecule has 204 valence electrons. The highest BCUT2D eigenvalue weighted by Crippen LogP contribution is 2.27. The molecule has 0 spiro atoms. The fourth-order valence-corrected chi connectivity index (χ4v) is 4.07. The minimum atomic E-state index is -2.54. The number of Topliss-reactive ketones (excluding diaryl/α,β-unsaturated/α-hetero) is 3. The van der Waals surface area contributed by atoms with Crippen molar-refractivity contribution in [3.05, 3.63) is 101 Å². The van der Waals surface area contributed by atoms with Gasteiger partial charge in [0.15, 0.2) is 34.6 Å². The summed E-state index contributed by atoms with van der Waals surface area (Å²) in [5.41, 5.74) is 10.3. The molecule has 0 aliphatic heterocycles. The fourth-order valence-electron chi connectivity index (χ4n) is 4.07. The van der Waals surface area contributed by atoms with Crippen LogP contribution in [0, 0.1) is 17.6 Å². The number of aromatic nitrogens is 1. The molecule has 1 unspecified atom stereocenters. The number of pyridine rings is 1. The number of hydrogen-bond acceptors (Lipinski definition) is 7. The Bertz CT molecular complexity index is 1310. The normalized spacial score (nSPS) is 13.0. The summed E-state index contributed by atoms with van der Waals surface area (Å²) in [5.74, 6) is -6.96. The number of carbonyl (C=O) groups excluding carboxylic acids is 4. The van der Waals surface area contributed by atoms with Crippen LogP contribution in [0.1, 0.15) is 54.2 Å². The van der Waals surface area contributed by atoms with Crippen molar-refractivity contribution in [1.82, 2.24) is 10.3 Å². The molecule has 0 saturated carbocycles. The summed E-state index contributed by atoms with van der Waals surface area (Å²) in [7, 11) is 0. The van der Waals surface area contributed by atoms with Crippen LogP contribution in [0.5, 0.6) is 0 Å². The zero-order chi connectivity index (χ0) is 28.7. The molecule has 3 rings (SSSR count). The van der Waals surface area contributed by atoms with Gasteiger partial charge in [-0.3, -0.25) is 24.2 Å². The number of benzene rings is 2. The van der Waals surface area contributed by atoms with Crippen molar-refractivity contribution in [1.29, 1.82) is 0 Å². The molecule has 0 aliphatic rings. The van der Waals surface area contributed by atoms with Crippen LogP contribution in [0.25, 0.3) is 0 Å². The van der Waals surface area contributed by atoms with E-state index in [1.807, 2.05) is 0 Å². The quantitative estimate of drug-likeness (QED) is 0.238. The second kappa shape index (κ2) is 12.6. The summed E-state index contributed by atoms with van der Waals surface area (Å²) in [5, 5.41) is 2.47. The van der Waals surface area contributed by atoms with Gasteiger partial charge in [0.25, 0.3) is 5.91 Å². The Morgan fingerprint density at radius 3 is 2.18 bits per heavy atom. The summed E-state index contributed by atoms with van der Waals surface area (Å²) in [6.45, 7) is 3.59. The summed E-state index contributed by atoms with van der Waals surface area (Å²) < 4.78 is 26.9. The van der Waals surface area contributed by atoms with Crippen LogP contribution >= 0.6 is 0 Å². The molecule has 3 aromatic rings.